The average Bonchev–Trinajstić information content (AvgIpc) is 3.40. The predicted octanol–water partition coefficient (Wildman–Crippen LogP) is 4.19. The molecule has 0 amide bonds. The van der Waals surface area contributed by atoms with Crippen LogP contribution in [0.3, 0.4) is 0 Å². The van der Waals surface area contributed by atoms with Crippen molar-refractivity contribution in [2.45, 2.75) is 24.3 Å². The molecule has 1 aliphatic heterocycles. The minimum Gasteiger partial charge on any atom is -0.748 e. The van der Waals surface area contributed by atoms with Crippen LogP contribution in [0.5, 0.6) is 0 Å². The van der Waals surface area contributed by atoms with Gasteiger partial charge in [-0.25, -0.2) is 16.8 Å². The smallest absolute Gasteiger partial charge is 0.265 e. The van der Waals surface area contributed by atoms with Crippen molar-refractivity contribution in [3.05, 3.63) is 64.6 Å². The number of fused-ring (bicyclic) bond motifs is 4. The summed E-state index contributed by atoms with van der Waals surface area (Å²) in [6.45, 7) is 0.678. The van der Waals surface area contributed by atoms with E-state index in [4.69, 9.17) is 0 Å². The summed E-state index contributed by atoms with van der Waals surface area (Å²) in [5.41, 5.74) is 2.89. The monoisotopic (exact) mass is 618 g/mol. The molecule has 0 fully saturated rings. The Hall–Kier alpha value is -2.68. The third-order valence-electron chi connectivity index (χ3n) is 6.64. The van der Waals surface area contributed by atoms with Crippen LogP contribution >= 0.6 is 23.1 Å². The molecule has 0 saturated carbocycles. The molecular weight excluding hydrogens is 591 g/mol. The first kappa shape index (κ1) is 28.8. The maximum atomic E-state index is 11.4. The number of nitrogens with zero attached hydrogens (tertiary/aromatic N) is 3. The van der Waals surface area contributed by atoms with Crippen molar-refractivity contribution in [2.75, 3.05) is 41.9 Å². The van der Waals surface area contributed by atoms with Crippen LogP contribution in [-0.2, 0) is 26.8 Å². The second-order valence-corrected chi connectivity index (χ2v) is 14.9. The lowest BCUT2D eigenvalue weighted by atomic mass is 10.1. The fraction of sp³-hybridized carbons (Fsp3) is 0.296. The maximum Gasteiger partial charge on any atom is 0.265 e. The van der Waals surface area contributed by atoms with Crippen molar-refractivity contribution in [1.29, 1.82) is 0 Å². The summed E-state index contributed by atoms with van der Waals surface area (Å²) < 4.78 is 71.1. The Morgan fingerprint density at radius 1 is 0.950 bits per heavy atom. The molecule has 0 unspecified atom stereocenters. The van der Waals surface area contributed by atoms with Gasteiger partial charge < -0.3 is 18.9 Å². The molecule has 0 atom stereocenters. The Bertz CT molecular complexity index is 1830. The molecule has 9 nitrogen and oxygen atoms in total. The lowest BCUT2D eigenvalue weighted by Gasteiger charge is -2.22. The summed E-state index contributed by atoms with van der Waals surface area (Å²) in [5, 5.41) is 3.83. The zero-order valence-corrected chi connectivity index (χ0v) is 25.2. The van der Waals surface area contributed by atoms with Gasteiger partial charge in [0.25, 0.3) is 5.01 Å². The zero-order valence-electron chi connectivity index (χ0n) is 21.9. The number of hydrogen-bond acceptors (Lipinski definition) is 10. The van der Waals surface area contributed by atoms with Crippen LogP contribution in [0.15, 0.2) is 64.5 Å². The third-order valence-corrected chi connectivity index (χ3v) is 10.4. The Balaban J connectivity index is 1.61. The van der Waals surface area contributed by atoms with Gasteiger partial charge in [0.15, 0.2) is 6.54 Å². The Kier molecular flexibility index (Phi) is 8.15. The van der Waals surface area contributed by atoms with E-state index in [-0.39, 0.29) is 12.8 Å². The van der Waals surface area contributed by atoms with Gasteiger partial charge in [0.2, 0.25) is 5.52 Å². The highest BCUT2D eigenvalue weighted by Crippen LogP contribution is 2.48. The Morgan fingerprint density at radius 2 is 1.68 bits per heavy atom. The van der Waals surface area contributed by atoms with Crippen molar-refractivity contribution >= 4 is 81.8 Å². The van der Waals surface area contributed by atoms with Gasteiger partial charge in [-0.15, -0.1) is 0 Å². The fourth-order valence-corrected chi connectivity index (χ4v) is 8.10. The first-order valence-electron chi connectivity index (χ1n) is 12.6. The van der Waals surface area contributed by atoms with Gasteiger partial charge in [0, 0.05) is 49.1 Å². The highest BCUT2D eigenvalue weighted by Gasteiger charge is 2.29. The third kappa shape index (κ3) is 6.45. The summed E-state index contributed by atoms with van der Waals surface area (Å²) in [7, 11) is -4.81. The van der Waals surface area contributed by atoms with Crippen LogP contribution in [0.1, 0.15) is 17.8 Å². The van der Waals surface area contributed by atoms with Gasteiger partial charge in [-0.1, -0.05) is 47.4 Å². The second kappa shape index (κ2) is 11.3. The van der Waals surface area contributed by atoms with Gasteiger partial charge in [-0.3, -0.25) is 0 Å². The number of benzene rings is 3. The van der Waals surface area contributed by atoms with E-state index in [9.17, 15) is 25.9 Å². The molecule has 40 heavy (non-hydrogen) atoms. The van der Waals surface area contributed by atoms with E-state index in [0.717, 1.165) is 47.3 Å². The summed E-state index contributed by atoms with van der Waals surface area (Å²) in [4.78, 5) is 5.03. The Labute approximate surface area is 242 Å². The molecule has 4 aromatic rings. The average molecular weight is 619 g/mol. The molecule has 0 radical (unpaired) electrons. The number of aryl methyl sites for hydroxylation is 1. The number of hydrogen-bond donors (Lipinski definition) is 0. The zero-order chi connectivity index (χ0) is 28.7. The van der Waals surface area contributed by atoms with Gasteiger partial charge in [-0.2, -0.15) is 4.57 Å². The molecule has 2 heterocycles. The van der Waals surface area contributed by atoms with Gasteiger partial charge in [0.05, 0.1) is 42.4 Å². The quantitative estimate of drug-likeness (QED) is 0.190. The first-order chi connectivity index (χ1) is 18.9. The summed E-state index contributed by atoms with van der Waals surface area (Å²) in [6.07, 6.45) is 2.37. The number of rotatable bonds is 10. The molecule has 0 bridgehead atoms. The summed E-state index contributed by atoms with van der Waals surface area (Å²) in [6, 6.07) is 18.2. The van der Waals surface area contributed by atoms with E-state index in [0.29, 0.717) is 13.1 Å². The molecule has 1 aromatic heterocycles. The Morgan fingerprint density at radius 3 is 2.40 bits per heavy atom. The van der Waals surface area contributed by atoms with Crippen molar-refractivity contribution in [3.8, 4) is 0 Å². The first-order valence-corrected chi connectivity index (χ1v) is 17.4. The fourth-order valence-electron chi connectivity index (χ4n) is 4.81. The SMILES string of the molecule is CN(C)c1ccc2c(c1)N(CCCS(=O)(=O)[O-])/C(=C/c1sc3ccc4ccccc4c3[n+]1CCCS(=O)(=O)[O-])S2. The molecule has 0 aliphatic carbocycles. The van der Waals surface area contributed by atoms with Crippen molar-refractivity contribution in [3.63, 3.8) is 0 Å². The molecule has 5 rings (SSSR count). The normalized spacial score (nSPS) is 14.9. The van der Waals surface area contributed by atoms with E-state index in [2.05, 4.69) is 10.6 Å². The molecule has 0 saturated heterocycles. The van der Waals surface area contributed by atoms with E-state index in [1.165, 1.54) is 0 Å². The molecule has 3 aromatic carbocycles. The number of aromatic nitrogens is 1. The van der Waals surface area contributed by atoms with E-state index in [1.807, 2.05) is 78.5 Å². The molecule has 212 valence electrons. The van der Waals surface area contributed by atoms with E-state index in [1.54, 1.807) is 23.1 Å². The molecule has 13 heteroatoms. The lowest BCUT2D eigenvalue weighted by molar-refractivity contribution is -0.667. The molecular formula is C27H28N3O6S4-. The predicted molar refractivity (Wildman–Crippen MR) is 160 cm³/mol. The minimum atomic E-state index is -4.35. The van der Waals surface area contributed by atoms with Gasteiger partial charge >= 0.3 is 0 Å². The standard InChI is InChI=1S/C27H29N3O6S4/c1-28(2)20-10-12-23-22(17-20)29(13-5-15-39(31,32)33)25(37-23)18-26-30(14-6-16-40(34,35)36)27-21-8-4-3-7-19(21)9-11-24(27)38-26/h3-4,7-12,17-18H,5-6,13-16H2,1-2H3,(H-,31,32,33,34,35,36)/p-1. The molecule has 0 spiro atoms. The van der Waals surface area contributed by atoms with Crippen molar-refractivity contribution < 1.29 is 30.5 Å². The van der Waals surface area contributed by atoms with Gasteiger partial charge in [0.1, 0.15) is 4.70 Å². The molecule has 1 aliphatic rings. The highest BCUT2D eigenvalue weighted by atomic mass is 32.2. The number of thioether (sulfide) groups is 1. The van der Waals surface area contributed by atoms with Crippen LogP contribution < -0.4 is 14.4 Å². The number of anilines is 2. The second-order valence-electron chi connectivity index (χ2n) is 9.74. The minimum absolute atomic E-state index is 0.173. The maximum absolute atomic E-state index is 11.4. The van der Waals surface area contributed by atoms with Crippen molar-refractivity contribution in [2.24, 2.45) is 0 Å². The topological polar surface area (TPSA) is 125 Å². The highest BCUT2D eigenvalue weighted by molar-refractivity contribution is 8.04. The van der Waals surface area contributed by atoms with Crippen LogP contribution in [0, 0.1) is 0 Å². The van der Waals surface area contributed by atoms with Crippen LogP contribution in [0.2, 0.25) is 0 Å². The van der Waals surface area contributed by atoms with Crippen LogP contribution in [0.4, 0.5) is 11.4 Å². The van der Waals surface area contributed by atoms with Crippen molar-refractivity contribution in [1.82, 2.24) is 0 Å². The number of thiazole rings is 1. The van der Waals surface area contributed by atoms with Crippen LogP contribution in [0.25, 0.3) is 27.1 Å². The largest absolute Gasteiger partial charge is 0.748 e. The van der Waals surface area contributed by atoms with E-state index >= 15 is 0 Å². The lowest BCUT2D eigenvalue weighted by Crippen LogP contribution is -2.36. The molecule has 0 N–H and O–H groups in total. The van der Waals surface area contributed by atoms with E-state index < -0.39 is 31.7 Å². The summed E-state index contributed by atoms with van der Waals surface area (Å²) >= 11 is 3.12. The van der Waals surface area contributed by atoms with Crippen LogP contribution in [-0.4, -0.2) is 58.1 Å². The van der Waals surface area contributed by atoms with Gasteiger partial charge in [-0.05, 0) is 42.1 Å². The summed E-state index contributed by atoms with van der Waals surface area (Å²) in [5.74, 6) is -0.913.